The Bertz CT molecular complexity index is 1180. The zero-order valence-corrected chi connectivity index (χ0v) is 18.0. The molecule has 4 aliphatic rings. The number of hydrogen-bond donors (Lipinski definition) is 2. The number of rotatable bonds is 4. The minimum Gasteiger partial charge on any atom is -0.508 e. The maximum atomic E-state index is 11.7. The Morgan fingerprint density at radius 1 is 1.10 bits per heavy atom. The molecule has 0 unspecified atom stereocenters. The number of aromatic hydroxyl groups is 1. The first-order valence-electron chi connectivity index (χ1n) is 11.7. The molecule has 0 spiro atoms. The Labute approximate surface area is 182 Å². The van der Waals surface area contributed by atoms with Gasteiger partial charge in [0.05, 0.1) is 12.1 Å². The van der Waals surface area contributed by atoms with Gasteiger partial charge in [0.2, 0.25) is 0 Å². The van der Waals surface area contributed by atoms with Gasteiger partial charge in [-0.2, -0.15) is 0 Å². The summed E-state index contributed by atoms with van der Waals surface area (Å²) in [5, 5.41) is 13.4. The highest BCUT2D eigenvalue weighted by Crippen LogP contribution is 2.62. The van der Waals surface area contributed by atoms with Crippen molar-refractivity contribution in [3.8, 4) is 5.75 Å². The molecular weight excluding hydrogens is 386 g/mol. The van der Waals surface area contributed by atoms with Crippen molar-refractivity contribution in [2.45, 2.75) is 50.9 Å². The third-order valence-corrected chi connectivity index (χ3v) is 8.04. The molecule has 4 saturated carbocycles. The molecule has 160 valence electrons. The molecule has 2 N–H and O–H groups in total. The number of H-pyrrole nitrogens is 1. The second-order valence-electron chi connectivity index (χ2n) is 10.1. The van der Waals surface area contributed by atoms with Crippen LogP contribution in [0.4, 0.5) is 0 Å². The van der Waals surface area contributed by atoms with Gasteiger partial charge in [0.15, 0.2) is 0 Å². The zero-order chi connectivity index (χ0) is 21.2. The van der Waals surface area contributed by atoms with Crippen molar-refractivity contribution in [1.82, 2.24) is 4.98 Å². The van der Waals surface area contributed by atoms with Gasteiger partial charge in [-0.15, -0.1) is 0 Å². The number of nitrogens with one attached hydrogen (secondary N) is 1. The van der Waals surface area contributed by atoms with Crippen molar-refractivity contribution in [3.05, 3.63) is 47.5 Å². The normalized spacial score (nSPS) is 29.4. The summed E-state index contributed by atoms with van der Waals surface area (Å²) in [7, 11) is 0. The highest BCUT2D eigenvalue weighted by molar-refractivity contribution is 6.09. The maximum absolute atomic E-state index is 11.7. The lowest BCUT2D eigenvalue weighted by Gasteiger charge is -2.57. The Morgan fingerprint density at radius 2 is 1.77 bits per heavy atom. The number of carbonyl (C=O) groups is 1. The van der Waals surface area contributed by atoms with Crippen LogP contribution in [0.3, 0.4) is 0 Å². The van der Waals surface area contributed by atoms with Gasteiger partial charge in [0, 0.05) is 33.3 Å². The molecule has 4 bridgehead atoms. The molecule has 3 aromatic rings. The maximum Gasteiger partial charge on any atom is 0.330 e. The molecule has 0 atom stereocenters. The predicted octanol–water partition coefficient (Wildman–Crippen LogP) is 6.07. The van der Waals surface area contributed by atoms with E-state index >= 15 is 0 Å². The molecule has 0 aliphatic heterocycles. The van der Waals surface area contributed by atoms with Gasteiger partial charge in [-0.1, -0.05) is 12.1 Å². The number of fused-ring (bicyclic) bond motifs is 3. The van der Waals surface area contributed by atoms with E-state index in [0.717, 1.165) is 45.3 Å². The van der Waals surface area contributed by atoms with Gasteiger partial charge in [-0.25, -0.2) is 4.79 Å². The Kier molecular flexibility index (Phi) is 4.21. The van der Waals surface area contributed by atoms with E-state index in [1.54, 1.807) is 13.0 Å². The third kappa shape index (κ3) is 2.99. The first-order chi connectivity index (χ1) is 15.0. The van der Waals surface area contributed by atoms with E-state index in [1.165, 1.54) is 50.0 Å². The highest BCUT2D eigenvalue weighted by Gasteiger charge is 2.53. The number of benzene rings is 2. The van der Waals surface area contributed by atoms with Gasteiger partial charge in [0.1, 0.15) is 5.75 Å². The quantitative estimate of drug-likeness (QED) is 0.401. The zero-order valence-electron chi connectivity index (χ0n) is 18.0. The number of aromatic nitrogens is 1. The summed E-state index contributed by atoms with van der Waals surface area (Å²) in [5.74, 6) is 2.59. The fourth-order valence-electron chi connectivity index (χ4n) is 7.39. The number of phenolic OH excluding ortho intramolecular Hbond substituents is 1. The number of carbonyl (C=O) groups excluding carboxylic acids is 1. The van der Waals surface area contributed by atoms with Crippen LogP contribution in [0.5, 0.6) is 5.75 Å². The smallest absolute Gasteiger partial charge is 0.330 e. The lowest BCUT2D eigenvalue weighted by Crippen LogP contribution is -2.48. The highest BCUT2D eigenvalue weighted by atomic mass is 16.5. The molecule has 1 heterocycles. The molecule has 1 aromatic heterocycles. The summed E-state index contributed by atoms with van der Waals surface area (Å²) in [4.78, 5) is 15.3. The van der Waals surface area contributed by atoms with Crippen LogP contribution >= 0.6 is 0 Å². The monoisotopic (exact) mass is 415 g/mol. The Morgan fingerprint density at radius 3 is 2.45 bits per heavy atom. The fraction of sp³-hybridized carbons (Fsp3) is 0.444. The molecule has 0 amide bonds. The number of hydrogen-bond acceptors (Lipinski definition) is 3. The first kappa shape index (κ1) is 19.0. The lowest BCUT2D eigenvalue weighted by atomic mass is 9.48. The molecule has 4 aliphatic carbocycles. The summed E-state index contributed by atoms with van der Waals surface area (Å²) in [6, 6.07) is 10.2. The Hall–Kier alpha value is -2.75. The summed E-state index contributed by atoms with van der Waals surface area (Å²) < 4.78 is 4.98. The number of esters is 1. The second kappa shape index (κ2) is 6.88. The van der Waals surface area contributed by atoms with Gasteiger partial charge in [-0.3, -0.25) is 0 Å². The van der Waals surface area contributed by atoms with Crippen LogP contribution in [0, 0.1) is 17.8 Å². The van der Waals surface area contributed by atoms with Crippen molar-refractivity contribution in [2.75, 3.05) is 6.61 Å². The SMILES string of the molecule is CCOC(=O)/C=C/c1ccc2c(c1)[nH]c1c(C34CC5CC(CC(C5)C3)C4)c(O)ccc12. The van der Waals surface area contributed by atoms with E-state index in [1.807, 2.05) is 18.2 Å². The van der Waals surface area contributed by atoms with Crippen molar-refractivity contribution in [3.63, 3.8) is 0 Å². The van der Waals surface area contributed by atoms with Crippen LogP contribution < -0.4 is 0 Å². The molecule has 0 radical (unpaired) electrons. The van der Waals surface area contributed by atoms with Gasteiger partial charge in [-0.05, 0) is 93.0 Å². The summed E-state index contributed by atoms with van der Waals surface area (Å²) in [5.41, 5.74) is 4.36. The van der Waals surface area contributed by atoms with E-state index in [-0.39, 0.29) is 11.4 Å². The summed E-state index contributed by atoms with van der Waals surface area (Å²) >= 11 is 0. The van der Waals surface area contributed by atoms with Crippen LogP contribution in [0.1, 0.15) is 56.6 Å². The van der Waals surface area contributed by atoms with Gasteiger partial charge >= 0.3 is 5.97 Å². The Balaban J connectivity index is 1.46. The molecule has 31 heavy (non-hydrogen) atoms. The van der Waals surface area contributed by atoms with Crippen molar-refractivity contribution in [1.29, 1.82) is 0 Å². The molecule has 4 nitrogen and oxygen atoms in total. The summed E-state index contributed by atoms with van der Waals surface area (Å²) in [6.07, 6.45) is 11.1. The van der Waals surface area contributed by atoms with Crippen LogP contribution in [0.15, 0.2) is 36.4 Å². The topological polar surface area (TPSA) is 62.3 Å². The number of ether oxygens (including phenoxy) is 1. The average molecular weight is 416 g/mol. The second-order valence-corrected chi connectivity index (χ2v) is 10.1. The van der Waals surface area contributed by atoms with Gasteiger partial charge in [0.25, 0.3) is 0 Å². The van der Waals surface area contributed by atoms with Crippen LogP contribution in [-0.4, -0.2) is 22.7 Å². The fourth-order valence-corrected chi connectivity index (χ4v) is 7.39. The predicted molar refractivity (Wildman–Crippen MR) is 123 cm³/mol. The molecule has 4 heteroatoms. The molecule has 7 rings (SSSR count). The van der Waals surface area contributed by atoms with Crippen LogP contribution in [0.2, 0.25) is 0 Å². The number of aromatic amines is 1. The van der Waals surface area contributed by atoms with Crippen molar-refractivity contribution < 1.29 is 14.6 Å². The molecular formula is C27H29NO3. The van der Waals surface area contributed by atoms with E-state index in [9.17, 15) is 9.90 Å². The van der Waals surface area contributed by atoms with Crippen LogP contribution in [0.25, 0.3) is 27.9 Å². The van der Waals surface area contributed by atoms with Crippen LogP contribution in [-0.2, 0) is 14.9 Å². The largest absolute Gasteiger partial charge is 0.508 e. The van der Waals surface area contributed by atoms with Crippen molar-refractivity contribution in [2.24, 2.45) is 17.8 Å². The molecule has 2 aromatic carbocycles. The first-order valence-corrected chi connectivity index (χ1v) is 11.7. The lowest BCUT2D eigenvalue weighted by molar-refractivity contribution is -0.137. The average Bonchev–Trinajstić information content (AvgIpc) is 3.08. The van der Waals surface area contributed by atoms with E-state index in [4.69, 9.17) is 4.74 Å². The van der Waals surface area contributed by atoms with E-state index in [2.05, 4.69) is 17.1 Å². The molecule has 0 saturated heterocycles. The summed E-state index contributed by atoms with van der Waals surface area (Å²) in [6.45, 7) is 2.18. The minimum atomic E-state index is -0.326. The van der Waals surface area contributed by atoms with E-state index in [0.29, 0.717) is 12.4 Å². The molecule has 4 fully saturated rings. The standard InChI is InChI=1S/C27H29NO3/c1-2-31-24(30)8-4-16-3-5-20-21-6-7-23(29)25(26(21)28-22(20)12-16)27-13-17-9-18(14-27)11-19(10-17)15-27/h3-8,12,17-19,28-29H,2,9-11,13-15H2,1H3/b8-4+. The van der Waals surface area contributed by atoms with E-state index < -0.39 is 0 Å². The van der Waals surface area contributed by atoms with Gasteiger partial charge < -0.3 is 14.8 Å². The third-order valence-electron chi connectivity index (χ3n) is 8.04. The number of phenols is 1. The van der Waals surface area contributed by atoms with Crippen molar-refractivity contribution >= 4 is 33.9 Å². The minimum absolute atomic E-state index is 0.117.